The Labute approximate surface area is 165 Å². The minimum absolute atomic E-state index is 0.0163. The first kappa shape index (κ1) is 21.8. The summed E-state index contributed by atoms with van der Waals surface area (Å²) in [7, 11) is -7.25. The van der Waals surface area contributed by atoms with Crippen molar-refractivity contribution >= 4 is 35.8 Å². The number of hydrogen-bond donors (Lipinski definition) is 1. The van der Waals surface area contributed by atoms with E-state index in [-0.39, 0.29) is 9.79 Å². The molecular formula is C17H27BrN2O4S2. The van der Waals surface area contributed by atoms with Gasteiger partial charge >= 0.3 is 0 Å². The highest BCUT2D eigenvalue weighted by atomic mass is 79.9. The Bertz CT molecular complexity index is 830. The van der Waals surface area contributed by atoms with Gasteiger partial charge in [0.05, 0.1) is 9.79 Å². The van der Waals surface area contributed by atoms with E-state index in [4.69, 9.17) is 0 Å². The zero-order chi connectivity index (χ0) is 19.5. The summed E-state index contributed by atoms with van der Waals surface area (Å²) in [5.41, 5.74) is 0. The van der Waals surface area contributed by atoms with Crippen LogP contribution in [0.25, 0.3) is 0 Å². The number of nitrogens with one attached hydrogen (secondary N) is 1. The minimum atomic E-state index is -3.78. The molecule has 0 aliphatic carbocycles. The molecule has 2 rings (SSSR count). The van der Waals surface area contributed by atoms with Crippen LogP contribution in [0.5, 0.6) is 0 Å². The summed E-state index contributed by atoms with van der Waals surface area (Å²) in [6, 6.07) is 4.02. The van der Waals surface area contributed by atoms with Gasteiger partial charge in [-0.25, -0.2) is 21.6 Å². The average Bonchev–Trinajstić information content (AvgIpc) is 2.50. The summed E-state index contributed by atoms with van der Waals surface area (Å²) < 4.78 is 51.3. The van der Waals surface area contributed by atoms with E-state index in [9.17, 15) is 16.8 Å². The summed E-state index contributed by atoms with van der Waals surface area (Å²) in [6.45, 7) is 7.77. The van der Waals surface area contributed by atoms with Gasteiger partial charge in [-0.2, -0.15) is 0 Å². The van der Waals surface area contributed by atoms with Crippen molar-refractivity contribution in [1.29, 1.82) is 0 Å². The molecule has 1 aromatic rings. The van der Waals surface area contributed by atoms with E-state index in [0.29, 0.717) is 29.3 Å². The number of likely N-dealkylation sites (tertiary alicyclic amines) is 1. The molecule has 1 saturated heterocycles. The maximum Gasteiger partial charge on any atom is 0.241 e. The summed E-state index contributed by atoms with van der Waals surface area (Å²) in [4.78, 5) is 2.31. The van der Waals surface area contributed by atoms with E-state index in [1.807, 2.05) is 0 Å². The maximum atomic E-state index is 12.5. The zero-order valence-electron chi connectivity index (χ0n) is 15.4. The summed E-state index contributed by atoms with van der Waals surface area (Å²) in [5.74, 6) is 1.34. The predicted octanol–water partition coefficient (Wildman–Crippen LogP) is 2.50. The van der Waals surface area contributed by atoms with Gasteiger partial charge in [0, 0.05) is 30.4 Å². The number of benzene rings is 1. The lowest BCUT2D eigenvalue weighted by Crippen LogP contribution is -2.40. The number of nitrogens with zero attached hydrogens (tertiary/aromatic N) is 1. The number of sulfone groups is 1. The van der Waals surface area contributed by atoms with E-state index in [1.165, 1.54) is 24.6 Å². The Hall–Kier alpha value is -0.480. The molecule has 148 valence electrons. The molecule has 1 heterocycles. The van der Waals surface area contributed by atoms with Crippen LogP contribution in [0, 0.1) is 11.8 Å². The fraction of sp³-hybridized carbons (Fsp3) is 0.647. The minimum Gasteiger partial charge on any atom is -0.303 e. The van der Waals surface area contributed by atoms with E-state index >= 15 is 0 Å². The summed E-state index contributed by atoms with van der Waals surface area (Å²) >= 11 is 3.20. The maximum absolute atomic E-state index is 12.5. The Kier molecular flexibility index (Phi) is 7.29. The third-order valence-electron chi connectivity index (χ3n) is 4.51. The fourth-order valence-electron chi connectivity index (χ4n) is 3.48. The molecular weight excluding hydrogens is 440 g/mol. The Morgan fingerprint density at radius 1 is 1.15 bits per heavy atom. The lowest BCUT2D eigenvalue weighted by molar-refractivity contribution is 0.140. The van der Waals surface area contributed by atoms with Crippen molar-refractivity contribution in [3.05, 3.63) is 22.7 Å². The number of halogens is 1. The third-order valence-corrected chi connectivity index (χ3v) is 8.07. The summed E-state index contributed by atoms with van der Waals surface area (Å²) in [6.07, 6.45) is 3.01. The van der Waals surface area contributed by atoms with E-state index in [2.05, 4.69) is 39.4 Å². The highest BCUT2D eigenvalue weighted by Gasteiger charge is 2.22. The lowest BCUT2D eigenvalue weighted by Gasteiger charge is -2.34. The molecule has 0 saturated carbocycles. The van der Waals surface area contributed by atoms with Gasteiger partial charge < -0.3 is 4.90 Å². The van der Waals surface area contributed by atoms with Crippen LogP contribution in [0.4, 0.5) is 0 Å². The van der Waals surface area contributed by atoms with Crippen LogP contribution in [-0.2, 0) is 19.9 Å². The topological polar surface area (TPSA) is 83.6 Å². The van der Waals surface area contributed by atoms with Gasteiger partial charge in [0.15, 0.2) is 9.84 Å². The second-order valence-electron chi connectivity index (χ2n) is 7.32. The highest BCUT2D eigenvalue weighted by molar-refractivity contribution is 9.10. The highest BCUT2D eigenvalue weighted by Crippen LogP contribution is 2.25. The molecule has 9 heteroatoms. The quantitative estimate of drug-likeness (QED) is 0.623. The molecule has 1 aliphatic rings. The molecule has 26 heavy (non-hydrogen) atoms. The molecule has 0 aromatic heterocycles. The van der Waals surface area contributed by atoms with Crippen molar-refractivity contribution in [3.63, 3.8) is 0 Å². The largest absolute Gasteiger partial charge is 0.303 e. The molecule has 6 nitrogen and oxygen atoms in total. The molecule has 1 fully saturated rings. The van der Waals surface area contributed by atoms with Gasteiger partial charge in [0.2, 0.25) is 10.0 Å². The third kappa shape index (κ3) is 6.02. The van der Waals surface area contributed by atoms with Gasteiger partial charge in [-0.1, -0.05) is 13.8 Å². The molecule has 1 aromatic carbocycles. The van der Waals surface area contributed by atoms with Crippen LogP contribution in [0.1, 0.15) is 26.7 Å². The van der Waals surface area contributed by atoms with Gasteiger partial charge in [-0.05, 0) is 65.4 Å². The van der Waals surface area contributed by atoms with Crippen molar-refractivity contribution < 1.29 is 16.8 Å². The van der Waals surface area contributed by atoms with Crippen molar-refractivity contribution in [2.75, 3.05) is 32.4 Å². The first-order valence-corrected chi connectivity index (χ1v) is 12.9. The molecule has 0 amide bonds. The SMILES string of the molecule is CC1CC(C)CN(CCCNS(=O)(=O)c2cc(S(C)(=O)=O)ccc2Br)C1. The van der Waals surface area contributed by atoms with Crippen molar-refractivity contribution in [1.82, 2.24) is 9.62 Å². The van der Waals surface area contributed by atoms with Gasteiger partial charge in [0.1, 0.15) is 0 Å². The second-order valence-corrected chi connectivity index (χ2v) is 11.9. The second kappa shape index (κ2) is 8.68. The van der Waals surface area contributed by atoms with Crippen LogP contribution in [0.15, 0.2) is 32.5 Å². The molecule has 0 spiro atoms. The van der Waals surface area contributed by atoms with E-state index in [1.54, 1.807) is 0 Å². The van der Waals surface area contributed by atoms with Crippen LogP contribution < -0.4 is 4.72 Å². The molecule has 2 unspecified atom stereocenters. The Balaban J connectivity index is 1.97. The van der Waals surface area contributed by atoms with Crippen LogP contribution in [-0.4, -0.2) is 54.2 Å². The number of sulfonamides is 1. The number of rotatable bonds is 7. The lowest BCUT2D eigenvalue weighted by atomic mass is 9.92. The first-order chi connectivity index (χ1) is 12.0. The summed E-state index contributed by atoms with van der Waals surface area (Å²) in [5, 5.41) is 0. The molecule has 1 N–H and O–H groups in total. The monoisotopic (exact) mass is 466 g/mol. The smallest absolute Gasteiger partial charge is 0.241 e. The van der Waals surface area contributed by atoms with Crippen molar-refractivity contribution in [3.8, 4) is 0 Å². The zero-order valence-corrected chi connectivity index (χ0v) is 18.6. The number of hydrogen-bond acceptors (Lipinski definition) is 5. The van der Waals surface area contributed by atoms with Gasteiger partial charge in [-0.15, -0.1) is 0 Å². The molecule has 0 radical (unpaired) electrons. The predicted molar refractivity (Wildman–Crippen MR) is 106 cm³/mol. The van der Waals surface area contributed by atoms with E-state index < -0.39 is 19.9 Å². The first-order valence-electron chi connectivity index (χ1n) is 8.70. The van der Waals surface area contributed by atoms with Crippen molar-refractivity contribution in [2.45, 2.75) is 36.5 Å². The fourth-order valence-corrected chi connectivity index (χ4v) is 6.26. The average molecular weight is 467 g/mol. The van der Waals surface area contributed by atoms with Crippen LogP contribution in [0.3, 0.4) is 0 Å². The molecule has 2 atom stereocenters. The Morgan fingerprint density at radius 2 is 1.77 bits per heavy atom. The molecule has 0 bridgehead atoms. The van der Waals surface area contributed by atoms with Crippen molar-refractivity contribution in [2.24, 2.45) is 11.8 Å². The van der Waals surface area contributed by atoms with Gasteiger partial charge in [0.25, 0.3) is 0 Å². The number of piperidine rings is 1. The van der Waals surface area contributed by atoms with E-state index in [0.717, 1.165) is 25.9 Å². The molecule has 1 aliphatic heterocycles. The standard InChI is InChI=1S/C17H27BrN2O4S2/c1-13-9-14(2)12-20(11-13)8-4-7-19-26(23,24)17-10-15(25(3,21)22)5-6-16(17)18/h5-6,10,13-14,19H,4,7-9,11-12H2,1-3H3. The normalized spacial score (nSPS) is 22.5. The van der Waals surface area contributed by atoms with Gasteiger partial charge in [-0.3, -0.25) is 0 Å². The van der Waals surface area contributed by atoms with Crippen LogP contribution in [0.2, 0.25) is 0 Å². The van der Waals surface area contributed by atoms with Crippen LogP contribution >= 0.6 is 15.9 Å². The Morgan fingerprint density at radius 3 is 2.35 bits per heavy atom.